The second-order valence-electron chi connectivity index (χ2n) is 6.65. The van der Waals surface area contributed by atoms with Crippen molar-refractivity contribution < 1.29 is 9.59 Å². The van der Waals surface area contributed by atoms with Gasteiger partial charge in [0.1, 0.15) is 0 Å². The van der Waals surface area contributed by atoms with Crippen LogP contribution in [-0.2, 0) is 24.1 Å². The van der Waals surface area contributed by atoms with Crippen LogP contribution in [0, 0.1) is 0 Å². The number of nitrogens with zero attached hydrogens (tertiary/aromatic N) is 2. The maximum absolute atomic E-state index is 12.4. The number of carbonyl (C=O) groups excluding carboxylic acids is 2. The topological polar surface area (TPSA) is 50.3 Å². The number of carbonyl (C=O) groups is 2. The number of Topliss-reactive ketones (excluding diaryl/α,β-unsaturated/α-hetero) is 1. The van der Waals surface area contributed by atoms with E-state index in [4.69, 9.17) is 0 Å². The van der Waals surface area contributed by atoms with E-state index in [9.17, 15) is 9.59 Å². The molecule has 0 spiro atoms. The molecule has 0 bridgehead atoms. The van der Waals surface area contributed by atoms with Crippen LogP contribution in [0.2, 0.25) is 0 Å². The maximum Gasteiger partial charge on any atom is 0.222 e. The third kappa shape index (κ3) is 4.53. The highest BCUT2D eigenvalue weighted by atomic mass is 16.2. The lowest BCUT2D eigenvalue weighted by atomic mass is 10.0. The molecule has 1 amide bonds. The van der Waals surface area contributed by atoms with Crippen LogP contribution in [0.25, 0.3) is 0 Å². The van der Waals surface area contributed by atoms with Crippen molar-refractivity contribution in [2.75, 3.05) is 13.6 Å². The first-order valence-corrected chi connectivity index (χ1v) is 8.92. The van der Waals surface area contributed by atoms with Gasteiger partial charge in [0.05, 0.1) is 0 Å². The predicted molar refractivity (Wildman–Crippen MR) is 97.6 cm³/mol. The fourth-order valence-electron chi connectivity index (χ4n) is 3.25. The molecule has 0 atom stereocenters. The molecule has 25 heavy (non-hydrogen) atoms. The molecule has 4 heteroatoms. The molecule has 0 unspecified atom stereocenters. The molecule has 0 saturated heterocycles. The van der Waals surface area contributed by atoms with Crippen molar-refractivity contribution in [3.8, 4) is 0 Å². The van der Waals surface area contributed by atoms with Gasteiger partial charge in [-0.25, -0.2) is 0 Å². The second kappa shape index (κ2) is 8.06. The summed E-state index contributed by atoms with van der Waals surface area (Å²) in [5.74, 6) is 0.0617. The number of hydrogen-bond acceptors (Lipinski definition) is 3. The Balaban J connectivity index is 1.47. The largest absolute Gasteiger partial charge is 0.345 e. The molecule has 4 nitrogen and oxygen atoms in total. The highest BCUT2D eigenvalue weighted by Crippen LogP contribution is 2.23. The zero-order valence-corrected chi connectivity index (χ0v) is 14.7. The summed E-state index contributed by atoms with van der Waals surface area (Å²) in [7, 11) is 1.78. The number of rotatable bonds is 7. The number of fused-ring (bicyclic) bond motifs is 1. The summed E-state index contributed by atoms with van der Waals surface area (Å²) in [6.45, 7) is 0.614. The number of amides is 1. The fourth-order valence-corrected chi connectivity index (χ4v) is 3.25. The summed E-state index contributed by atoms with van der Waals surface area (Å²) in [5, 5.41) is 0. The number of likely N-dealkylation sites (N-methyl/N-ethyl adjacent to an activating group) is 1. The van der Waals surface area contributed by atoms with Crippen molar-refractivity contribution in [2.24, 2.45) is 0 Å². The van der Waals surface area contributed by atoms with Gasteiger partial charge in [-0.3, -0.25) is 14.6 Å². The quantitative estimate of drug-likeness (QED) is 0.729. The Morgan fingerprint density at radius 1 is 1.08 bits per heavy atom. The van der Waals surface area contributed by atoms with Gasteiger partial charge in [-0.1, -0.05) is 18.2 Å². The molecule has 1 aliphatic rings. The van der Waals surface area contributed by atoms with Crippen LogP contribution in [0.1, 0.15) is 46.4 Å². The first-order valence-electron chi connectivity index (χ1n) is 8.92. The summed E-state index contributed by atoms with van der Waals surface area (Å²) in [6.07, 6.45) is 6.36. The van der Waals surface area contributed by atoms with Gasteiger partial charge in [0, 0.05) is 50.3 Å². The Kier molecular flexibility index (Phi) is 5.59. The minimum Gasteiger partial charge on any atom is -0.345 e. The van der Waals surface area contributed by atoms with E-state index in [-0.39, 0.29) is 24.5 Å². The molecule has 0 saturated carbocycles. The van der Waals surface area contributed by atoms with Gasteiger partial charge in [0.25, 0.3) is 0 Å². The molecule has 2 aromatic rings. The van der Waals surface area contributed by atoms with E-state index < -0.39 is 0 Å². The third-order valence-electron chi connectivity index (χ3n) is 4.84. The summed E-state index contributed by atoms with van der Waals surface area (Å²) >= 11 is 0. The van der Waals surface area contributed by atoms with Crippen LogP contribution < -0.4 is 0 Å². The standard InChI is InChI=1S/C21H24N2O2/c1-23(14-12-19-7-2-3-13-22-19)21(25)11-10-20(24)18-9-8-16-5-4-6-17(16)15-18/h2-3,7-9,13,15H,4-6,10-12,14H2,1H3. The SMILES string of the molecule is CN(CCc1ccccn1)C(=O)CCC(=O)c1ccc2c(c1)CCC2. The second-order valence-corrected chi connectivity index (χ2v) is 6.65. The number of hydrogen-bond donors (Lipinski definition) is 0. The average Bonchev–Trinajstić information content (AvgIpc) is 3.12. The van der Waals surface area contributed by atoms with Crippen LogP contribution >= 0.6 is 0 Å². The maximum atomic E-state index is 12.4. The lowest BCUT2D eigenvalue weighted by Gasteiger charge is -2.16. The summed E-state index contributed by atoms with van der Waals surface area (Å²) in [4.78, 5) is 30.6. The molecule has 1 heterocycles. The minimum absolute atomic E-state index is 0.00504. The lowest BCUT2D eigenvalue weighted by molar-refractivity contribution is -0.129. The van der Waals surface area contributed by atoms with E-state index in [1.807, 2.05) is 30.3 Å². The van der Waals surface area contributed by atoms with E-state index in [0.29, 0.717) is 6.54 Å². The van der Waals surface area contributed by atoms with Crippen LogP contribution in [0.15, 0.2) is 42.6 Å². The fraction of sp³-hybridized carbons (Fsp3) is 0.381. The van der Waals surface area contributed by atoms with Gasteiger partial charge in [0.15, 0.2) is 5.78 Å². The molecule has 1 aromatic carbocycles. The van der Waals surface area contributed by atoms with Gasteiger partial charge in [-0.2, -0.15) is 0 Å². The molecule has 130 valence electrons. The number of aryl methyl sites for hydroxylation is 2. The molecule has 0 N–H and O–H groups in total. The van der Waals surface area contributed by atoms with Gasteiger partial charge in [-0.15, -0.1) is 0 Å². The van der Waals surface area contributed by atoms with Crippen molar-refractivity contribution in [3.05, 3.63) is 65.0 Å². The molecule has 0 radical (unpaired) electrons. The van der Waals surface area contributed by atoms with Crippen LogP contribution in [0.3, 0.4) is 0 Å². The first-order chi connectivity index (χ1) is 12.1. The van der Waals surface area contributed by atoms with Crippen molar-refractivity contribution in [1.29, 1.82) is 0 Å². The zero-order chi connectivity index (χ0) is 17.6. The first kappa shape index (κ1) is 17.3. The molecular formula is C21H24N2O2. The number of benzene rings is 1. The van der Waals surface area contributed by atoms with Crippen LogP contribution in [0.5, 0.6) is 0 Å². The zero-order valence-electron chi connectivity index (χ0n) is 14.7. The van der Waals surface area contributed by atoms with Gasteiger partial charge in [-0.05, 0) is 48.6 Å². The Morgan fingerprint density at radius 3 is 2.72 bits per heavy atom. The molecule has 0 fully saturated rings. The number of pyridine rings is 1. The van der Waals surface area contributed by atoms with Crippen molar-refractivity contribution in [3.63, 3.8) is 0 Å². The molecule has 1 aliphatic carbocycles. The molecule has 0 aliphatic heterocycles. The molecule has 3 rings (SSSR count). The van der Waals surface area contributed by atoms with Gasteiger partial charge < -0.3 is 4.90 Å². The highest BCUT2D eigenvalue weighted by Gasteiger charge is 2.16. The molecule has 1 aromatic heterocycles. The monoisotopic (exact) mass is 336 g/mol. The van der Waals surface area contributed by atoms with Gasteiger partial charge in [0.2, 0.25) is 5.91 Å². The van der Waals surface area contributed by atoms with E-state index in [1.165, 1.54) is 17.5 Å². The Morgan fingerprint density at radius 2 is 1.92 bits per heavy atom. The number of aromatic nitrogens is 1. The molecular weight excluding hydrogens is 312 g/mol. The lowest BCUT2D eigenvalue weighted by Crippen LogP contribution is -2.29. The van der Waals surface area contributed by atoms with Crippen LogP contribution in [-0.4, -0.2) is 35.2 Å². The van der Waals surface area contributed by atoms with E-state index in [0.717, 1.165) is 30.5 Å². The van der Waals surface area contributed by atoms with Crippen molar-refractivity contribution in [2.45, 2.75) is 38.5 Å². The minimum atomic E-state index is 0.00504. The van der Waals surface area contributed by atoms with Crippen molar-refractivity contribution in [1.82, 2.24) is 9.88 Å². The van der Waals surface area contributed by atoms with Gasteiger partial charge >= 0.3 is 0 Å². The Hall–Kier alpha value is -2.49. The van der Waals surface area contributed by atoms with E-state index >= 15 is 0 Å². The average molecular weight is 336 g/mol. The Labute approximate surface area is 148 Å². The number of ketones is 1. The summed E-state index contributed by atoms with van der Waals surface area (Å²) < 4.78 is 0. The predicted octanol–water partition coefficient (Wildman–Crippen LogP) is 3.23. The van der Waals surface area contributed by atoms with E-state index in [1.54, 1.807) is 18.1 Å². The third-order valence-corrected chi connectivity index (χ3v) is 4.84. The summed E-state index contributed by atoms with van der Waals surface area (Å²) in [5.41, 5.74) is 4.37. The highest BCUT2D eigenvalue weighted by molar-refractivity contribution is 5.98. The normalized spacial score (nSPS) is 12.7. The van der Waals surface area contributed by atoms with Crippen LogP contribution in [0.4, 0.5) is 0 Å². The Bertz CT molecular complexity index is 756. The smallest absolute Gasteiger partial charge is 0.222 e. The summed E-state index contributed by atoms with van der Waals surface area (Å²) in [6, 6.07) is 11.8. The van der Waals surface area contributed by atoms with E-state index in [2.05, 4.69) is 11.1 Å². The van der Waals surface area contributed by atoms with Crippen molar-refractivity contribution >= 4 is 11.7 Å².